The first-order chi connectivity index (χ1) is 6.86. The predicted octanol–water partition coefficient (Wildman–Crippen LogP) is 4.54. The summed E-state index contributed by atoms with van der Waals surface area (Å²) < 4.78 is 0. The van der Waals surface area contributed by atoms with E-state index in [4.69, 9.17) is 0 Å². The molecule has 0 saturated heterocycles. The molecule has 0 heterocycles. The lowest BCUT2D eigenvalue weighted by atomic mass is 9.59. The summed E-state index contributed by atoms with van der Waals surface area (Å²) in [5.41, 5.74) is 0.893. The van der Waals surface area contributed by atoms with E-state index in [1.807, 2.05) is 0 Å². The fourth-order valence-electron chi connectivity index (χ4n) is 4.16. The molecule has 0 nitrogen and oxygen atoms in total. The molecule has 0 heteroatoms. The average molecular weight is 192 g/mol. The first kappa shape index (κ1) is 9.24. The lowest BCUT2D eigenvalue weighted by molar-refractivity contribution is 0.0491. The molecule has 3 fully saturated rings. The normalized spacial score (nSPS) is 31.7. The Morgan fingerprint density at radius 2 is 1.43 bits per heavy atom. The molecular weight excluding hydrogens is 168 g/mol. The van der Waals surface area contributed by atoms with Crippen molar-refractivity contribution in [1.29, 1.82) is 0 Å². The van der Waals surface area contributed by atoms with Crippen molar-refractivity contribution >= 4 is 0 Å². The molecule has 80 valence electrons. The lowest BCUT2D eigenvalue weighted by Crippen LogP contribution is -2.35. The van der Waals surface area contributed by atoms with Crippen LogP contribution in [0.25, 0.3) is 0 Å². The third-order valence-corrected chi connectivity index (χ3v) is 5.32. The minimum atomic E-state index is 0.893. The number of hydrogen-bond donors (Lipinski definition) is 0. The predicted molar refractivity (Wildman–Crippen MR) is 60.2 cm³/mol. The third-order valence-electron chi connectivity index (χ3n) is 5.32. The van der Waals surface area contributed by atoms with E-state index in [0.29, 0.717) is 0 Å². The van der Waals surface area contributed by atoms with Crippen molar-refractivity contribution in [3.05, 3.63) is 0 Å². The topological polar surface area (TPSA) is 0 Å². The van der Waals surface area contributed by atoms with Gasteiger partial charge in [-0.2, -0.15) is 0 Å². The SMILES string of the molecule is C1CC(CCC2CC3(CCCC3)C2)C1. The van der Waals surface area contributed by atoms with Gasteiger partial charge in [0.1, 0.15) is 0 Å². The van der Waals surface area contributed by atoms with Crippen molar-refractivity contribution in [1.82, 2.24) is 0 Å². The molecule has 0 atom stereocenters. The fourth-order valence-corrected chi connectivity index (χ4v) is 4.16. The number of hydrogen-bond acceptors (Lipinski definition) is 0. The van der Waals surface area contributed by atoms with E-state index in [2.05, 4.69) is 0 Å². The van der Waals surface area contributed by atoms with E-state index in [9.17, 15) is 0 Å². The molecule has 3 aliphatic carbocycles. The molecule has 0 aliphatic heterocycles. The zero-order valence-corrected chi connectivity index (χ0v) is 9.43. The van der Waals surface area contributed by atoms with Crippen LogP contribution in [0.3, 0.4) is 0 Å². The Kier molecular flexibility index (Phi) is 2.34. The lowest BCUT2D eigenvalue weighted by Gasteiger charge is -2.46. The summed E-state index contributed by atoms with van der Waals surface area (Å²) in [7, 11) is 0. The highest BCUT2D eigenvalue weighted by Gasteiger charge is 2.45. The zero-order valence-electron chi connectivity index (χ0n) is 9.43. The van der Waals surface area contributed by atoms with Crippen molar-refractivity contribution in [2.45, 2.75) is 70.6 Å². The molecule has 3 aliphatic rings. The van der Waals surface area contributed by atoms with E-state index >= 15 is 0 Å². The Labute approximate surface area is 88.5 Å². The Morgan fingerprint density at radius 1 is 0.786 bits per heavy atom. The zero-order chi connectivity index (χ0) is 9.43. The fraction of sp³-hybridized carbons (Fsp3) is 1.00. The second-order valence-corrected chi connectivity index (χ2v) is 6.36. The van der Waals surface area contributed by atoms with Gasteiger partial charge in [-0.05, 0) is 42.9 Å². The van der Waals surface area contributed by atoms with Crippen LogP contribution in [0, 0.1) is 17.3 Å². The Hall–Kier alpha value is 0. The smallest absolute Gasteiger partial charge is 0.0292 e. The minimum Gasteiger partial charge on any atom is -0.0528 e. The van der Waals surface area contributed by atoms with Gasteiger partial charge in [-0.15, -0.1) is 0 Å². The maximum absolute atomic E-state index is 1.61. The van der Waals surface area contributed by atoms with Gasteiger partial charge in [0.05, 0.1) is 0 Å². The number of rotatable bonds is 3. The molecule has 0 radical (unpaired) electrons. The van der Waals surface area contributed by atoms with Crippen LogP contribution in [0.2, 0.25) is 0 Å². The van der Waals surface area contributed by atoms with Crippen molar-refractivity contribution in [3.8, 4) is 0 Å². The standard InChI is InChI=1S/C14H24/c1-2-9-14(8-1)10-13(11-14)7-6-12-4-3-5-12/h12-13H,1-11H2. The van der Waals surface area contributed by atoms with E-state index in [1.54, 1.807) is 51.4 Å². The monoisotopic (exact) mass is 192 g/mol. The highest BCUT2D eigenvalue weighted by molar-refractivity contribution is 4.96. The van der Waals surface area contributed by atoms with Gasteiger partial charge in [-0.25, -0.2) is 0 Å². The minimum absolute atomic E-state index is 0.893. The van der Waals surface area contributed by atoms with Crippen LogP contribution in [0.4, 0.5) is 0 Å². The van der Waals surface area contributed by atoms with Gasteiger partial charge in [-0.3, -0.25) is 0 Å². The quantitative estimate of drug-likeness (QED) is 0.616. The summed E-state index contributed by atoms with van der Waals surface area (Å²) in [5, 5.41) is 0. The van der Waals surface area contributed by atoms with Gasteiger partial charge in [0.25, 0.3) is 0 Å². The van der Waals surface area contributed by atoms with Crippen LogP contribution in [0.5, 0.6) is 0 Å². The molecule has 3 saturated carbocycles. The molecule has 0 amide bonds. The van der Waals surface area contributed by atoms with Crippen LogP contribution in [0.1, 0.15) is 70.6 Å². The molecular formula is C14H24. The largest absolute Gasteiger partial charge is 0.0528 e. The molecule has 14 heavy (non-hydrogen) atoms. The molecule has 3 rings (SSSR count). The van der Waals surface area contributed by atoms with E-state index in [-0.39, 0.29) is 0 Å². The molecule has 0 aromatic heterocycles. The van der Waals surface area contributed by atoms with Crippen LogP contribution >= 0.6 is 0 Å². The van der Waals surface area contributed by atoms with Crippen LogP contribution in [-0.4, -0.2) is 0 Å². The average Bonchev–Trinajstić information content (AvgIpc) is 2.48. The molecule has 0 N–H and O–H groups in total. The highest BCUT2D eigenvalue weighted by atomic mass is 14.5. The molecule has 0 unspecified atom stereocenters. The maximum atomic E-state index is 1.61. The van der Waals surface area contributed by atoms with Crippen molar-refractivity contribution in [2.24, 2.45) is 17.3 Å². The third kappa shape index (κ3) is 1.61. The van der Waals surface area contributed by atoms with Crippen molar-refractivity contribution in [3.63, 3.8) is 0 Å². The van der Waals surface area contributed by atoms with Crippen LogP contribution in [0.15, 0.2) is 0 Å². The maximum Gasteiger partial charge on any atom is -0.0292 e. The summed E-state index contributed by atoms with van der Waals surface area (Å²) in [6.07, 6.45) is 17.2. The summed E-state index contributed by atoms with van der Waals surface area (Å²) in [4.78, 5) is 0. The van der Waals surface area contributed by atoms with Gasteiger partial charge in [0.15, 0.2) is 0 Å². The summed E-state index contributed by atoms with van der Waals surface area (Å²) >= 11 is 0. The van der Waals surface area contributed by atoms with Gasteiger partial charge in [0.2, 0.25) is 0 Å². The van der Waals surface area contributed by atoms with Crippen LogP contribution in [-0.2, 0) is 0 Å². The Bertz CT molecular complexity index is 188. The molecule has 0 aromatic carbocycles. The summed E-state index contributed by atoms with van der Waals surface area (Å²) in [6.45, 7) is 0. The Balaban J connectivity index is 1.37. The summed E-state index contributed by atoms with van der Waals surface area (Å²) in [5.74, 6) is 2.30. The van der Waals surface area contributed by atoms with Crippen molar-refractivity contribution < 1.29 is 0 Å². The second-order valence-electron chi connectivity index (χ2n) is 6.36. The second kappa shape index (κ2) is 3.54. The van der Waals surface area contributed by atoms with Crippen LogP contribution < -0.4 is 0 Å². The van der Waals surface area contributed by atoms with Gasteiger partial charge >= 0.3 is 0 Å². The van der Waals surface area contributed by atoms with Gasteiger partial charge in [-0.1, -0.05) is 44.9 Å². The highest BCUT2D eigenvalue weighted by Crippen LogP contribution is 2.57. The molecule has 0 aromatic rings. The van der Waals surface area contributed by atoms with Crippen molar-refractivity contribution in [2.75, 3.05) is 0 Å². The van der Waals surface area contributed by atoms with E-state index in [1.165, 1.54) is 19.3 Å². The Morgan fingerprint density at radius 3 is 2.00 bits per heavy atom. The summed E-state index contributed by atoms with van der Waals surface area (Å²) in [6, 6.07) is 0. The molecule has 1 spiro atoms. The first-order valence-electron chi connectivity index (χ1n) is 6.86. The van der Waals surface area contributed by atoms with Gasteiger partial charge in [0, 0.05) is 0 Å². The van der Waals surface area contributed by atoms with E-state index in [0.717, 1.165) is 17.3 Å². The van der Waals surface area contributed by atoms with E-state index < -0.39 is 0 Å². The first-order valence-corrected chi connectivity index (χ1v) is 6.86. The van der Waals surface area contributed by atoms with Gasteiger partial charge < -0.3 is 0 Å². The molecule has 0 bridgehead atoms.